The van der Waals surface area contributed by atoms with E-state index in [1.54, 1.807) is 6.21 Å². The Kier molecular flexibility index (Phi) is 5.87. The molecular weight excluding hydrogens is 290 g/mol. The van der Waals surface area contributed by atoms with Crippen LogP contribution in [0, 0.1) is 0 Å². The molecule has 0 radical (unpaired) electrons. The fraction of sp³-hybridized carbons (Fsp3) is 0.467. The lowest BCUT2D eigenvalue weighted by atomic mass is 10.2. The number of aliphatic imine (C=N–C) groups is 1. The van der Waals surface area contributed by atoms with Crippen molar-refractivity contribution < 1.29 is 9.47 Å². The number of nitrogens with zero attached hydrogens (tertiary/aromatic N) is 2. The summed E-state index contributed by atoms with van der Waals surface area (Å²) in [5.74, 6) is 2.57. The van der Waals surface area contributed by atoms with Crippen molar-refractivity contribution in [2.75, 3.05) is 19.8 Å². The minimum atomic E-state index is 0. The number of nitrogens with one attached hydrogen (secondary N) is 1. The number of hydrogen-bond acceptors (Lipinski definition) is 5. The van der Waals surface area contributed by atoms with Gasteiger partial charge in [0.1, 0.15) is 19.0 Å². The zero-order valence-electron chi connectivity index (χ0n) is 11.9. The maximum Gasteiger partial charge on any atom is 0.162 e. The molecule has 114 valence electrons. The second-order valence-electron chi connectivity index (χ2n) is 4.91. The molecule has 0 aromatic heterocycles. The molecule has 1 aromatic rings. The maximum atomic E-state index is 5.55. The van der Waals surface area contributed by atoms with Crippen LogP contribution in [0.4, 0.5) is 0 Å². The number of ether oxygens (including phenoxy) is 2. The van der Waals surface area contributed by atoms with Gasteiger partial charge in [0.2, 0.25) is 0 Å². The second-order valence-corrected chi connectivity index (χ2v) is 4.91. The monoisotopic (exact) mass is 309 g/mol. The molecule has 0 fully saturated rings. The quantitative estimate of drug-likeness (QED) is 0.675. The van der Waals surface area contributed by atoms with Crippen LogP contribution in [0.2, 0.25) is 0 Å². The summed E-state index contributed by atoms with van der Waals surface area (Å²) in [5.41, 5.74) is 4.02. The van der Waals surface area contributed by atoms with Crippen molar-refractivity contribution in [3.05, 3.63) is 23.8 Å². The Morgan fingerprint density at radius 1 is 1.10 bits per heavy atom. The Morgan fingerprint density at radius 3 is 2.86 bits per heavy atom. The number of halogens is 1. The van der Waals surface area contributed by atoms with Crippen molar-refractivity contribution in [1.82, 2.24) is 5.43 Å². The van der Waals surface area contributed by atoms with Gasteiger partial charge in [0.05, 0.1) is 6.21 Å². The van der Waals surface area contributed by atoms with Crippen LogP contribution >= 0.6 is 12.4 Å². The van der Waals surface area contributed by atoms with Crippen molar-refractivity contribution in [2.45, 2.75) is 25.7 Å². The summed E-state index contributed by atoms with van der Waals surface area (Å²) in [7, 11) is 0. The predicted molar refractivity (Wildman–Crippen MR) is 86.2 cm³/mol. The third-order valence-corrected chi connectivity index (χ3v) is 3.35. The van der Waals surface area contributed by atoms with Gasteiger partial charge < -0.3 is 9.47 Å². The van der Waals surface area contributed by atoms with Crippen LogP contribution in [0.5, 0.6) is 11.5 Å². The van der Waals surface area contributed by atoms with Crippen LogP contribution in [-0.4, -0.2) is 31.8 Å². The average molecular weight is 310 g/mol. The van der Waals surface area contributed by atoms with Crippen molar-refractivity contribution in [3.63, 3.8) is 0 Å². The lowest BCUT2D eigenvalue weighted by molar-refractivity contribution is 0.171. The van der Waals surface area contributed by atoms with Gasteiger partial charge >= 0.3 is 0 Å². The molecule has 0 aliphatic carbocycles. The molecule has 2 aliphatic rings. The van der Waals surface area contributed by atoms with Crippen molar-refractivity contribution in [3.8, 4) is 11.5 Å². The number of benzene rings is 1. The summed E-state index contributed by atoms with van der Waals surface area (Å²) < 4.78 is 11.0. The fourth-order valence-corrected chi connectivity index (χ4v) is 2.29. The zero-order chi connectivity index (χ0) is 13.6. The van der Waals surface area contributed by atoms with E-state index in [1.165, 1.54) is 19.3 Å². The molecule has 0 saturated carbocycles. The first-order valence-electron chi connectivity index (χ1n) is 7.14. The number of hydrogen-bond donors (Lipinski definition) is 1. The van der Waals surface area contributed by atoms with Gasteiger partial charge in [-0.1, -0.05) is 6.42 Å². The number of amidine groups is 1. The summed E-state index contributed by atoms with van der Waals surface area (Å²) in [5, 5.41) is 4.25. The predicted octanol–water partition coefficient (Wildman–Crippen LogP) is 2.78. The maximum absolute atomic E-state index is 5.55. The normalized spacial score (nSPS) is 17.6. The molecule has 6 heteroatoms. The Bertz CT molecular complexity index is 532. The molecular formula is C15H20ClN3O2. The van der Waals surface area contributed by atoms with Crippen LogP contribution in [0.3, 0.4) is 0 Å². The van der Waals surface area contributed by atoms with E-state index in [-0.39, 0.29) is 12.4 Å². The van der Waals surface area contributed by atoms with Gasteiger partial charge in [-0.3, -0.25) is 10.4 Å². The highest BCUT2D eigenvalue weighted by molar-refractivity contribution is 5.86. The van der Waals surface area contributed by atoms with E-state index < -0.39 is 0 Å². The number of hydrazone groups is 1. The summed E-state index contributed by atoms with van der Waals surface area (Å²) in [6.45, 7) is 2.12. The summed E-state index contributed by atoms with van der Waals surface area (Å²) in [6.07, 6.45) is 6.38. The van der Waals surface area contributed by atoms with Gasteiger partial charge in [-0.15, -0.1) is 12.4 Å². The number of rotatable bonds is 2. The van der Waals surface area contributed by atoms with Gasteiger partial charge in [0.25, 0.3) is 0 Å². The lowest BCUT2D eigenvalue weighted by Gasteiger charge is -2.18. The first kappa shape index (κ1) is 15.6. The molecule has 0 spiro atoms. The van der Waals surface area contributed by atoms with Crippen LogP contribution in [0.1, 0.15) is 31.2 Å². The fourth-order valence-electron chi connectivity index (χ4n) is 2.29. The minimum absolute atomic E-state index is 0. The molecule has 1 aromatic carbocycles. The molecule has 0 saturated heterocycles. The Morgan fingerprint density at radius 2 is 1.95 bits per heavy atom. The van der Waals surface area contributed by atoms with E-state index in [4.69, 9.17) is 9.47 Å². The molecule has 21 heavy (non-hydrogen) atoms. The smallest absolute Gasteiger partial charge is 0.162 e. The average Bonchev–Trinajstić information content (AvgIpc) is 2.76. The van der Waals surface area contributed by atoms with Crippen molar-refractivity contribution in [2.24, 2.45) is 10.1 Å². The van der Waals surface area contributed by atoms with E-state index in [1.807, 2.05) is 18.2 Å². The molecule has 1 N–H and O–H groups in total. The Labute approximate surface area is 130 Å². The van der Waals surface area contributed by atoms with Gasteiger partial charge in [-0.25, -0.2) is 0 Å². The van der Waals surface area contributed by atoms with Crippen LogP contribution < -0.4 is 14.9 Å². The molecule has 0 bridgehead atoms. The lowest BCUT2D eigenvalue weighted by Crippen LogP contribution is -2.17. The van der Waals surface area contributed by atoms with Gasteiger partial charge in [-0.2, -0.15) is 5.10 Å². The molecule has 0 amide bonds. The molecule has 0 unspecified atom stereocenters. The highest BCUT2D eigenvalue weighted by Gasteiger charge is 2.10. The molecule has 3 rings (SSSR count). The van der Waals surface area contributed by atoms with E-state index in [0.717, 1.165) is 35.9 Å². The minimum Gasteiger partial charge on any atom is -0.486 e. The molecule has 0 atom stereocenters. The molecule has 2 aliphatic heterocycles. The Hall–Kier alpha value is -1.75. The van der Waals surface area contributed by atoms with Gasteiger partial charge in [0.15, 0.2) is 11.5 Å². The topological polar surface area (TPSA) is 55.2 Å². The van der Waals surface area contributed by atoms with Crippen molar-refractivity contribution in [1.29, 1.82) is 0 Å². The van der Waals surface area contributed by atoms with Gasteiger partial charge in [-0.05, 0) is 36.6 Å². The van der Waals surface area contributed by atoms with E-state index in [0.29, 0.717) is 13.2 Å². The summed E-state index contributed by atoms with van der Waals surface area (Å²) >= 11 is 0. The molecule has 2 heterocycles. The highest BCUT2D eigenvalue weighted by atomic mass is 35.5. The first-order valence-corrected chi connectivity index (χ1v) is 7.14. The van der Waals surface area contributed by atoms with Crippen LogP contribution in [0.25, 0.3) is 0 Å². The van der Waals surface area contributed by atoms with E-state index >= 15 is 0 Å². The summed E-state index contributed by atoms with van der Waals surface area (Å²) in [6, 6.07) is 5.82. The Balaban J connectivity index is 0.00000161. The zero-order valence-corrected chi connectivity index (χ0v) is 12.7. The van der Waals surface area contributed by atoms with E-state index in [9.17, 15) is 0 Å². The highest BCUT2D eigenvalue weighted by Crippen LogP contribution is 2.30. The third kappa shape index (κ3) is 4.36. The largest absolute Gasteiger partial charge is 0.486 e. The van der Waals surface area contributed by atoms with Crippen LogP contribution in [-0.2, 0) is 0 Å². The molecule has 5 nitrogen and oxygen atoms in total. The summed E-state index contributed by atoms with van der Waals surface area (Å²) in [4.78, 5) is 4.47. The van der Waals surface area contributed by atoms with Crippen LogP contribution in [0.15, 0.2) is 28.3 Å². The van der Waals surface area contributed by atoms with Gasteiger partial charge in [0, 0.05) is 13.0 Å². The second kappa shape index (κ2) is 7.88. The standard InChI is InChI=1S/C15H19N3O2.ClH/c1-2-4-15(16-7-3-1)18-17-11-12-5-6-13-14(10-12)20-9-8-19-13;/h5-6,10-11H,1-4,7-9H2,(H,16,18);1H. The SMILES string of the molecule is C(=NNC1=NCCCCC1)c1ccc2c(c1)OCCO2.Cl. The number of fused-ring (bicyclic) bond motifs is 1. The third-order valence-electron chi connectivity index (χ3n) is 3.35. The van der Waals surface area contributed by atoms with Crippen molar-refractivity contribution >= 4 is 24.5 Å². The van der Waals surface area contributed by atoms with E-state index in [2.05, 4.69) is 15.5 Å². The first-order chi connectivity index (χ1) is 9.92.